The van der Waals surface area contributed by atoms with Gasteiger partial charge in [0, 0.05) is 0 Å². The second kappa shape index (κ2) is 8.82. The Balaban J connectivity index is 2.16. The van der Waals surface area contributed by atoms with Crippen molar-refractivity contribution < 1.29 is 26.4 Å². The first-order valence-electron chi connectivity index (χ1n) is 8.89. The first-order valence-corrected chi connectivity index (χ1v) is 10.4. The van der Waals surface area contributed by atoms with E-state index in [0.717, 1.165) is 24.5 Å². The zero-order valence-corrected chi connectivity index (χ0v) is 16.7. The molecule has 0 bridgehead atoms. The number of hydrogen-bond donors (Lipinski definition) is 1. The minimum Gasteiger partial charge on any atom is -0.338 e. The minimum absolute atomic E-state index is 0.0469. The highest BCUT2D eigenvalue weighted by Gasteiger charge is 2.39. The number of hydrogen-bond acceptors (Lipinski definition) is 3. The lowest BCUT2D eigenvalue weighted by molar-refractivity contribution is -0.174. The van der Waals surface area contributed by atoms with E-state index in [4.69, 9.17) is 0 Å². The Morgan fingerprint density at radius 3 is 2.24 bits per heavy atom. The normalized spacial score (nSPS) is 16.5. The van der Waals surface area contributed by atoms with Gasteiger partial charge in [0.15, 0.2) is 0 Å². The molecule has 1 aliphatic carbocycles. The van der Waals surface area contributed by atoms with E-state index in [1.54, 1.807) is 11.4 Å². The fraction of sp³-hybridized carbons (Fsp3) is 0.286. The van der Waals surface area contributed by atoms with Crippen molar-refractivity contribution in [2.45, 2.75) is 36.9 Å². The molecule has 1 aliphatic rings. The van der Waals surface area contributed by atoms with Crippen molar-refractivity contribution in [3.63, 3.8) is 0 Å². The molecule has 1 fully saturated rings. The van der Waals surface area contributed by atoms with Crippen LogP contribution in [0.25, 0.3) is 0 Å². The average molecular weight is 425 g/mol. The average Bonchev–Trinajstić information content (AvgIpc) is 3.50. The van der Waals surface area contributed by atoms with Crippen LogP contribution in [0.15, 0.2) is 77.1 Å². The topological polar surface area (TPSA) is 63.2 Å². The van der Waals surface area contributed by atoms with Gasteiger partial charge in [0.2, 0.25) is 9.84 Å². The van der Waals surface area contributed by atoms with Gasteiger partial charge in [-0.3, -0.25) is 4.79 Å². The molecule has 1 saturated carbocycles. The summed E-state index contributed by atoms with van der Waals surface area (Å²) in [6.45, 7) is 8.93. The van der Waals surface area contributed by atoms with Crippen molar-refractivity contribution >= 4 is 15.7 Å². The maximum atomic E-state index is 12.7. The van der Waals surface area contributed by atoms with Crippen LogP contribution in [0.3, 0.4) is 0 Å². The number of alkyl halides is 3. The smallest absolute Gasteiger partial charge is 0.338 e. The van der Waals surface area contributed by atoms with Gasteiger partial charge in [0.05, 0.1) is 15.8 Å². The third-order valence-electron chi connectivity index (χ3n) is 4.52. The number of sulfone groups is 1. The number of carbonyl (C=O) groups is 1. The highest BCUT2D eigenvalue weighted by atomic mass is 32.2. The van der Waals surface area contributed by atoms with Gasteiger partial charge in [-0.05, 0) is 55.0 Å². The first-order chi connectivity index (χ1) is 13.5. The van der Waals surface area contributed by atoms with E-state index in [1.807, 2.05) is 13.0 Å². The molecule has 1 aromatic carbocycles. The first kappa shape index (κ1) is 22.7. The van der Waals surface area contributed by atoms with E-state index in [-0.39, 0.29) is 15.4 Å². The molecule has 29 heavy (non-hydrogen) atoms. The van der Waals surface area contributed by atoms with Gasteiger partial charge in [0.25, 0.3) is 0 Å². The molecule has 0 radical (unpaired) electrons. The van der Waals surface area contributed by atoms with Gasteiger partial charge >= 0.3 is 12.1 Å². The number of carbonyl (C=O) groups excluding carboxylic acids is 1. The molecule has 0 unspecified atom stereocenters. The maximum Gasteiger partial charge on any atom is 0.471 e. The molecule has 156 valence electrons. The Bertz CT molecular complexity index is 954. The Morgan fingerprint density at radius 1 is 1.21 bits per heavy atom. The summed E-state index contributed by atoms with van der Waals surface area (Å²) in [6.07, 6.45) is 3.40. The third-order valence-corrected chi connectivity index (χ3v) is 6.24. The van der Waals surface area contributed by atoms with Gasteiger partial charge in [-0.25, -0.2) is 8.42 Å². The maximum absolute atomic E-state index is 12.7. The van der Waals surface area contributed by atoms with Gasteiger partial charge in [-0.1, -0.05) is 36.9 Å². The molecule has 0 aromatic heterocycles. The molecule has 0 heterocycles. The van der Waals surface area contributed by atoms with Crippen molar-refractivity contribution in [1.82, 2.24) is 5.32 Å². The molecule has 4 nitrogen and oxygen atoms in total. The Hall–Kier alpha value is -2.61. The van der Waals surface area contributed by atoms with Crippen LogP contribution in [0.4, 0.5) is 13.2 Å². The lowest BCUT2D eigenvalue weighted by atomic mass is 10.1. The lowest BCUT2D eigenvalue weighted by Crippen LogP contribution is -2.38. The highest BCUT2D eigenvalue weighted by Crippen LogP contribution is 2.37. The summed E-state index contributed by atoms with van der Waals surface area (Å²) in [5, 5.41) is 1.79. The molecule has 1 amide bonds. The van der Waals surface area contributed by atoms with Gasteiger partial charge in [-0.15, -0.1) is 6.58 Å². The molecule has 1 atom stereocenters. The molecule has 0 aliphatic heterocycles. The number of benzene rings is 1. The van der Waals surface area contributed by atoms with Crippen molar-refractivity contribution in [3.8, 4) is 0 Å². The van der Waals surface area contributed by atoms with Gasteiger partial charge in [-0.2, -0.15) is 13.2 Å². The van der Waals surface area contributed by atoms with E-state index in [0.29, 0.717) is 5.92 Å². The number of rotatable bonds is 8. The van der Waals surface area contributed by atoms with Crippen LogP contribution in [-0.2, 0) is 14.6 Å². The standard InChI is InChI=1S/C21H22F3NO3S/c1-4-15(16-8-9-16)7-6-14(3)29(27,28)18-12-10-17(11-13-18)19(5-2)25-20(26)21(22,23)24/h4-7,10-13,16,19H,2-3,8-9H2,1H3,(H,25,26)/b7-6-,15-4+/t19-/m0/s1. The van der Waals surface area contributed by atoms with E-state index >= 15 is 0 Å². The third kappa shape index (κ3) is 5.69. The monoisotopic (exact) mass is 425 g/mol. The van der Waals surface area contributed by atoms with Gasteiger partial charge in [0.1, 0.15) is 0 Å². The molecule has 8 heteroatoms. The summed E-state index contributed by atoms with van der Waals surface area (Å²) in [5.41, 5.74) is 1.33. The molecular weight excluding hydrogens is 403 g/mol. The molecule has 1 N–H and O–H groups in total. The SMILES string of the molecule is C=C[C@H](NC(=O)C(F)(F)F)c1ccc(S(=O)(=O)C(=C)/C=C\C(=C/C)C2CC2)cc1. The van der Waals surface area contributed by atoms with E-state index in [9.17, 15) is 26.4 Å². The summed E-state index contributed by atoms with van der Waals surface area (Å²) in [6, 6.07) is 4.07. The van der Waals surface area contributed by atoms with Crippen LogP contribution in [-0.4, -0.2) is 20.5 Å². The predicted octanol–water partition coefficient (Wildman–Crippen LogP) is 4.79. The van der Waals surface area contributed by atoms with Crippen LogP contribution in [0.5, 0.6) is 0 Å². The summed E-state index contributed by atoms with van der Waals surface area (Å²) in [7, 11) is -3.85. The van der Waals surface area contributed by atoms with Crippen molar-refractivity contribution in [2.24, 2.45) is 5.92 Å². The lowest BCUT2D eigenvalue weighted by Gasteiger charge is -2.17. The number of nitrogens with one attached hydrogen (secondary N) is 1. The zero-order chi connectivity index (χ0) is 21.8. The quantitative estimate of drug-likeness (QED) is 0.481. The number of halogens is 3. The van der Waals surface area contributed by atoms with E-state index in [2.05, 4.69) is 13.2 Å². The van der Waals surface area contributed by atoms with Crippen LogP contribution in [0.2, 0.25) is 0 Å². The molecule has 0 spiro atoms. The summed E-state index contributed by atoms with van der Waals surface area (Å²) >= 11 is 0. The van der Waals surface area contributed by atoms with Crippen LogP contribution in [0.1, 0.15) is 31.4 Å². The summed E-state index contributed by atoms with van der Waals surface area (Å²) < 4.78 is 62.6. The minimum atomic E-state index is -5.03. The Labute approximate surface area is 168 Å². The van der Waals surface area contributed by atoms with Crippen LogP contribution in [0, 0.1) is 5.92 Å². The Morgan fingerprint density at radius 2 is 1.79 bits per heavy atom. The second-order valence-corrected chi connectivity index (χ2v) is 8.62. The van der Waals surface area contributed by atoms with E-state index < -0.39 is 28.0 Å². The van der Waals surface area contributed by atoms with Crippen LogP contribution >= 0.6 is 0 Å². The summed E-state index contributed by atoms with van der Waals surface area (Å²) in [5.74, 6) is -1.64. The van der Waals surface area contributed by atoms with Crippen LogP contribution < -0.4 is 5.32 Å². The Kier molecular flexibility index (Phi) is 6.89. The molecular formula is C21H22F3NO3S. The van der Waals surface area contributed by atoms with Crippen molar-refractivity contribution in [2.75, 3.05) is 0 Å². The van der Waals surface area contributed by atoms with Crippen molar-refractivity contribution in [3.05, 3.63) is 77.8 Å². The largest absolute Gasteiger partial charge is 0.471 e. The number of allylic oxidation sites excluding steroid dienone is 4. The summed E-state index contributed by atoms with van der Waals surface area (Å²) in [4.78, 5) is 11.0. The predicted molar refractivity (Wildman–Crippen MR) is 106 cm³/mol. The number of amides is 1. The molecule has 2 rings (SSSR count). The second-order valence-electron chi connectivity index (χ2n) is 6.62. The van der Waals surface area contributed by atoms with E-state index in [1.165, 1.54) is 30.3 Å². The fourth-order valence-corrected chi connectivity index (χ4v) is 3.71. The zero-order valence-electron chi connectivity index (χ0n) is 15.9. The molecule has 1 aromatic rings. The molecule has 0 saturated heterocycles. The van der Waals surface area contributed by atoms with Crippen molar-refractivity contribution in [1.29, 1.82) is 0 Å². The van der Waals surface area contributed by atoms with Gasteiger partial charge < -0.3 is 5.32 Å². The fourth-order valence-electron chi connectivity index (χ4n) is 2.67. The highest BCUT2D eigenvalue weighted by molar-refractivity contribution is 7.95.